The minimum atomic E-state index is 0.780. The number of hydrogen-bond acceptors (Lipinski definition) is 3. The number of hydrogen-bond donors (Lipinski definition) is 1. The summed E-state index contributed by atoms with van der Waals surface area (Å²) in [4.78, 5) is 12.4. The van der Waals surface area contributed by atoms with Gasteiger partial charge in [0.2, 0.25) is 0 Å². The van der Waals surface area contributed by atoms with Gasteiger partial charge in [0.1, 0.15) is 5.65 Å². The van der Waals surface area contributed by atoms with Gasteiger partial charge in [-0.1, -0.05) is 66.4 Å². The second kappa shape index (κ2) is 5.89. The Morgan fingerprint density at radius 2 is 1.48 bits per heavy atom. The molecule has 0 saturated carbocycles. The predicted molar refractivity (Wildman–Crippen MR) is 96.5 cm³/mol. The SMILES string of the molecule is CSc1nc(-c2ccc(-c3ccccc3)cc2)c2cc[nH]c2n1. The van der Waals surface area contributed by atoms with Gasteiger partial charge in [0.25, 0.3) is 0 Å². The van der Waals surface area contributed by atoms with Crippen molar-refractivity contribution in [1.29, 1.82) is 0 Å². The molecule has 2 aromatic carbocycles. The summed E-state index contributed by atoms with van der Waals surface area (Å²) in [5.74, 6) is 0. The van der Waals surface area contributed by atoms with E-state index in [1.165, 1.54) is 11.1 Å². The lowest BCUT2D eigenvalue weighted by molar-refractivity contribution is 1.00. The van der Waals surface area contributed by atoms with E-state index in [1.807, 2.05) is 24.6 Å². The number of thioether (sulfide) groups is 1. The minimum Gasteiger partial charge on any atom is -0.346 e. The predicted octanol–water partition coefficient (Wildman–Crippen LogP) is 5.01. The highest BCUT2D eigenvalue weighted by Crippen LogP contribution is 2.29. The second-order valence-corrected chi connectivity index (χ2v) is 6.02. The van der Waals surface area contributed by atoms with Gasteiger partial charge in [0, 0.05) is 17.1 Å². The summed E-state index contributed by atoms with van der Waals surface area (Å²) in [7, 11) is 0. The maximum atomic E-state index is 4.70. The number of aromatic nitrogens is 3. The first-order valence-corrected chi connectivity index (χ1v) is 8.62. The molecule has 0 atom stereocenters. The first-order chi connectivity index (χ1) is 11.3. The number of rotatable bonds is 3. The van der Waals surface area contributed by atoms with Gasteiger partial charge < -0.3 is 4.98 Å². The summed E-state index contributed by atoms with van der Waals surface area (Å²) >= 11 is 1.55. The van der Waals surface area contributed by atoms with E-state index in [0.29, 0.717) is 0 Å². The van der Waals surface area contributed by atoms with E-state index in [-0.39, 0.29) is 0 Å². The van der Waals surface area contributed by atoms with Crippen molar-refractivity contribution in [1.82, 2.24) is 15.0 Å². The summed E-state index contributed by atoms with van der Waals surface area (Å²) < 4.78 is 0. The molecule has 23 heavy (non-hydrogen) atoms. The Hall–Kier alpha value is -2.59. The van der Waals surface area contributed by atoms with Crippen LogP contribution in [0.2, 0.25) is 0 Å². The molecule has 2 aromatic heterocycles. The molecule has 0 saturated heterocycles. The summed E-state index contributed by atoms with van der Waals surface area (Å²) in [5.41, 5.74) is 5.39. The second-order valence-electron chi connectivity index (χ2n) is 5.24. The van der Waals surface area contributed by atoms with Crippen LogP contribution < -0.4 is 0 Å². The van der Waals surface area contributed by atoms with Crippen LogP contribution in [0.3, 0.4) is 0 Å². The number of nitrogens with zero attached hydrogens (tertiary/aromatic N) is 2. The Morgan fingerprint density at radius 1 is 0.783 bits per heavy atom. The Bertz CT molecular complexity index is 943. The third-order valence-corrected chi connectivity index (χ3v) is 4.39. The zero-order valence-electron chi connectivity index (χ0n) is 12.7. The lowest BCUT2D eigenvalue weighted by Gasteiger charge is -2.07. The fourth-order valence-corrected chi connectivity index (χ4v) is 3.05. The molecule has 4 aromatic rings. The van der Waals surface area contributed by atoms with Crippen molar-refractivity contribution in [3.63, 3.8) is 0 Å². The summed E-state index contributed by atoms with van der Waals surface area (Å²) in [6.07, 6.45) is 3.90. The van der Waals surface area contributed by atoms with E-state index in [0.717, 1.165) is 27.4 Å². The molecule has 2 heterocycles. The number of H-pyrrole nitrogens is 1. The first kappa shape index (κ1) is 14.0. The molecule has 0 aliphatic carbocycles. The highest BCUT2D eigenvalue weighted by Gasteiger charge is 2.10. The van der Waals surface area contributed by atoms with Crippen molar-refractivity contribution in [2.75, 3.05) is 6.26 Å². The molecule has 112 valence electrons. The van der Waals surface area contributed by atoms with Crippen LogP contribution in [-0.4, -0.2) is 21.2 Å². The molecule has 0 amide bonds. The normalized spacial score (nSPS) is 11.0. The van der Waals surface area contributed by atoms with Gasteiger partial charge in [-0.3, -0.25) is 0 Å². The molecule has 0 bridgehead atoms. The monoisotopic (exact) mass is 317 g/mol. The van der Waals surface area contributed by atoms with Crippen LogP contribution in [0.4, 0.5) is 0 Å². The van der Waals surface area contributed by atoms with E-state index >= 15 is 0 Å². The molecule has 1 N–H and O–H groups in total. The van der Waals surface area contributed by atoms with Crippen LogP contribution in [-0.2, 0) is 0 Å². The smallest absolute Gasteiger partial charge is 0.189 e. The maximum Gasteiger partial charge on any atom is 0.189 e. The van der Waals surface area contributed by atoms with Gasteiger partial charge >= 0.3 is 0 Å². The first-order valence-electron chi connectivity index (χ1n) is 7.40. The maximum absolute atomic E-state index is 4.70. The average Bonchev–Trinajstić information content (AvgIpc) is 3.10. The number of aromatic amines is 1. The molecule has 0 aliphatic heterocycles. The van der Waals surface area contributed by atoms with Crippen LogP contribution in [0, 0.1) is 0 Å². The molecule has 3 nitrogen and oxygen atoms in total. The molecule has 4 heteroatoms. The highest BCUT2D eigenvalue weighted by molar-refractivity contribution is 7.98. The average molecular weight is 317 g/mol. The zero-order valence-corrected chi connectivity index (χ0v) is 13.5. The largest absolute Gasteiger partial charge is 0.346 e. The van der Waals surface area contributed by atoms with Crippen LogP contribution in [0.1, 0.15) is 0 Å². The zero-order chi connectivity index (χ0) is 15.6. The van der Waals surface area contributed by atoms with Crippen LogP contribution in [0.15, 0.2) is 72.0 Å². The summed E-state index contributed by atoms with van der Waals surface area (Å²) in [6.45, 7) is 0. The van der Waals surface area contributed by atoms with Gasteiger partial charge in [-0.25, -0.2) is 9.97 Å². The fraction of sp³-hybridized carbons (Fsp3) is 0.0526. The van der Waals surface area contributed by atoms with Crippen LogP contribution >= 0.6 is 11.8 Å². The van der Waals surface area contributed by atoms with Crippen molar-refractivity contribution in [3.8, 4) is 22.4 Å². The van der Waals surface area contributed by atoms with Gasteiger partial charge in [0.05, 0.1) is 5.69 Å². The van der Waals surface area contributed by atoms with E-state index in [1.54, 1.807) is 11.8 Å². The topological polar surface area (TPSA) is 41.6 Å². The van der Waals surface area contributed by atoms with Gasteiger partial charge in [-0.2, -0.15) is 0 Å². The fourth-order valence-electron chi connectivity index (χ4n) is 2.68. The Balaban J connectivity index is 1.81. The molecule has 0 radical (unpaired) electrons. The van der Waals surface area contributed by atoms with Gasteiger partial charge in [-0.05, 0) is 23.4 Å². The van der Waals surface area contributed by atoms with Crippen molar-refractivity contribution < 1.29 is 0 Å². The molecule has 0 spiro atoms. The lowest BCUT2D eigenvalue weighted by atomic mass is 10.0. The summed E-state index contributed by atoms with van der Waals surface area (Å²) in [5, 5.41) is 1.83. The third-order valence-electron chi connectivity index (χ3n) is 3.84. The van der Waals surface area contributed by atoms with Gasteiger partial charge in [-0.15, -0.1) is 0 Å². The van der Waals surface area contributed by atoms with Crippen molar-refractivity contribution >= 4 is 22.8 Å². The molecule has 0 fully saturated rings. The summed E-state index contributed by atoms with van der Waals surface area (Å²) in [6, 6.07) is 21.0. The molecule has 0 aliphatic rings. The molecular formula is C19H15N3S. The van der Waals surface area contributed by atoms with Crippen molar-refractivity contribution in [2.24, 2.45) is 0 Å². The number of fused-ring (bicyclic) bond motifs is 1. The number of nitrogens with one attached hydrogen (secondary N) is 1. The van der Waals surface area contributed by atoms with E-state index in [9.17, 15) is 0 Å². The quantitative estimate of drug-likeness (QED) is 0.426. The molecule has 4 rings (SSSR count). The van der Waals surface area contributed by atoms with Crippen LogP contribution in [0.25, 0.3) is 33.4 Å². The van der Waals surface area contributed by atoms with Gasteiger partial charge in [0.15, 0.2) is 5.16 Å². The number of benzene rings is 2. The lowest BCUT2D eigenvalue weighted by Crippen LogP contribution is -1.92. The minimum absolute atomic E-state index is 0.780. The standard InChI is InChI=1S/C19H15N3S/c1-23-19-21-17(16-11-12-20-18(16)22-19)15-9-7-14(8-10-15)13-5-3-2-4-6-13/h2-12H,1H3,(H,20,21,22). The highest BCUT2D eigenvalue weighted by atomic mass is 32.2. The Morgan fingerprint density at radius 3 is 2.22 bits per heavy atom. The molecule has 0 unspecified atom stereocenters. The van der Waals surface area contributed by atoms with Crippen molar-refractivity contribution in [2.45, 2.75) is 5.16 Å². The van der Waals surface area contributed by atoms with E-state index in [4.69, 9.17) is 4.98 Å². The van der Waals surface area contributed by atoms with E-state index in [2.05, 4.69) is 58.5 Å². The third kappa shape index (κ3) is 2.62. The Kier molecular flexibility index (Phi) is 3.60. The van der Waals surface area contributed by atoms with Crippen LogP contribution in [0.5, 0.6) is 0 Å². The molecular weight excluding hydrogens is 302 g/mol. The Labute approximate surface area is 138 Å². The van der Waals surface area contributed by atoms with E-state index < -0.39 is 0 Å². The van der Waals surface area contributed by atoms with Crippen molar-refractivity contribution in [3.05, 3.63) is 66.9 Å².